The highest BCUT2D eigenvalue weighted by Gasteiger charge is 1.89. The molecule has 0 unspecified atom stereocenters. The van der Waals surface area contributed by atoms with Crippen LogP contribution in [0.1, 0.15) is 13.8 Å². The first-order valence-corrected chi connectivity index (χ1v) is 2.51. The Labute approximate surface area is 48.4 Å². The summed E-state index contributed by atoms with van der Waals surface area (Å²) in [6.45, 7) is 3.86. The van der Waals surface area contributed by atoms with E-state index in [4.69, 9.17) is 17.0 Å². The molecule has 42 valence electrons. The summed E-state index contributed by atoms with van der Waals surface area (Å²) >= 11 is 5.14. The summed E-state index contributed by atoms with van der Waals surface area (Å²) in [7, 11) is 0. The van der Waals surface area contributed by atoms with Crippen LogP contribution in [0.3, 0.4) is 0 Å². The summed E-state index contributed by atoms with van der Waals surface area (Å²) in [5.74, 6) is 0. The Balaban J connectivity index is 3.13. The summed E-state index contributed by atoms with van der Waals surface area (Å²) in [5, 5.41) is 9.34. The van der Waals surface area contributed by atoms with Crippen molar-refractivity contribution < 1.29 is 0 Å². The van der Waals surface area contributed by atoms with Gasteiger partial charge in [-0.25, -0.2) is 0 Å². The van der Waals surface area contributed by atoms with Crippen LogP contribution in [-0.4, -0.2) is 11.3 Å². The molecule has 0 fully saturated rings. The van der Waals surface area contributed by atoms with Gasteiger partial charge in [0.25, 0.3) is 0 Å². The third kappa shape index (κ3) is 5.76. The van der Waals surface area contributed by atoms with Crippen LogP contribution >= 0.6 is 11.6 Å². The van der Waals surface area contributed by atoms with Crippen molar-refractivity contribution >= 4 is 16.9 Å². The first kappa shape index (κ1) is 6.76. The molecule has 0 aliphatic carbocycles. The highest BCUT2D eigenvalue weighted by molar-refractivity contribution is 6.63. The minimum Gasteiger partial charge on any atom is -0.359 e. The van der Waals surface area contributed by atoms with Crippen LogP contribution in [0, 0.1) is 5.41 Å². The van der Waals surface area contributed by atoms with Crippen molar-refractivity contribution in [2.75, 3.05) is 0 Å². The number of nitrogens with one attached hydrogen (secondary N) is 2. The molecule has 7 heavy (non-hydrogen) atoms. The smallest absolute Gasteiger partial charge is 0.188 e. The van der Waals surface area contributed by atoms with Crippen LogP contribution < -0.4 is 5.32 Å². The largest absolute Gasteiger partial charge is 0.359 e. The van der Waals surface area contributed by atoms with Crippen molar-refractivity contribution in [1.82, 2.24) is 5.32 Å². The lowest BCUT2D eigenvalue weighted by Crippen LogP contribution is -2.25. The maximum Gasteiger partial charge on any atom is 0.188 e. The maximum atomic E-state index is 6.68. The molecule has 0 bridgehead atoms. The van der Waals surface area contributed by atoms with Crippen molar-refractivity contribution in [3.63, 3.8) is 0 Å². The molecule has 0 saturated heterocycles. The Hall–Kier alpha value is -0.240. The molecule has 2 nitrogen and oxygen atoms in total. The third-order valence-electron chi connectivity index (χ3n) is 0.415. The van der Waals surface area contributed by atoms with Gasteiger partial charge in [0.15, 0.2) is 5.29 Å². The van der Waals surface area contributed by atoms with E-state index in [0.717, 1.165) is 0 Å². The van der Waals surface area contributed by atoms with Crippen LogP contribution in [0.2, 0.25) is 0 Å². The molecule has 0 amide bonds. The van der Waals surface area contributed by atoms with Gasteiger partial charge in [0, 0.05) is 6.04 Å². The third-order valence-corrected chi connectivity index (χ3v) is 0.525. The van der Waals surface area contributed by atoms with E-state index in [1.165, 1.54) is 0 Å². The second kappa shape index (κ2) is 2.86. The Bertz CT molecular complexity index is 70.1. The van der Waals surface area contributed by atoms with E-state index in [1.807, 2.05) is 13.8 Å². The molecule has 3 heteroatoms. The van der Waals surface area contributed by atoms with Crippen molar-refractivity contribution in [3.05, 3.63) is 0 Å². The first-order valence-electron chi connectivity index (χ1n) is 2.13. The molecule has 2 N–H and O–H groups in total. The van der Waals surface area contributed by atoms with Gasteiger partial charge in [0.1, 0.15) is 0 Å². The fourth-order valence-electron chi connectivity index (χ4n) is 0.253. The van der Waals surface area contributed by atoms with Gasteiger partial charge in [0.2, 0.25) is 0 Å². The molecule has 0 radical (unpaired) electrons. The van der Waals surface area contributed by atoms with Crippen molar-refractivity contribution in [3.8, 4) is 0 Å². The van der Waals surface area contributed by atoms with E-state index in [0.29, 0.717) is 0 Å². The molecule has 0 aromatic rings. The lowest BCUT2D eigenvalue weighted by atomic mass is 10.4. The minimum atomic E-state index is 0.00926. The summed E-state index contributed by atoms with van der Waals surface area (Å²) in [4.78, 5) is 0. The molecule has 0 aliphatic heterocycles. The molecular formula is C4H9ClN2. The summed E-state index contributed by atoms with van der Waals surface area (Å²) < 4.78 is 0. The molecule has 0 aromatic carbocycles. The van der Waals surface area contributed by atoms with Crippen LogP contribution in [0.4, 0.5) is 0 Å². The highest BCUT2D eigenvalue weighted by Crippen LogP contribution is 1.78. The van der Waals surface area contributed by atoms with Crippen molar-refractivity contribution in [1.29, 1.82) is 5.41 Å². The van der Waals surface area contributed by atoms with Gasteiger partial charge in [-0.05, 0) is 25.4 Å². The molecule has 0 aromatic heterocycles. The van der Waals surface area contributed by atoms with Gasteiger partial charge >= 0.3 is 0 Å². The van der Waals surface area contributed by atoms with Gasteiger partial charge < -0.3 is 5.32 Å². The van der Waals surface area contributed by atoms with Gasteiger partial charge in [-0.2, -0.15) is 0 Å². The number of rotatable bonds is 1. The lowest BCUT2D eigenvalue weighted by molar-refractivity contribution is 0.737. The predicted octanol–water partition coefficient (Wildman–Crippen LogP) is 1.16. The van der Waals surface area contributed by atoms with Crippen molar-refractivity contribution in [2.45, 2.75) is 19.9 Å². The topological polar surface area (TPSA) is 35.9 Å². The zero-order chi connectivity index (χ0) is 5.86. The first-order chi connectivity index (χ1) is 3.13. The van der Waals surface area contributed by atoms with Gasteiger partial charge in [-0.1, -0.05) is 0 Å². The average molecular weight is 121 g/mol. The van der Waals surface area contributed by atoms with E-state index in [9.17, 15) is 0 Å². The quantitative estimate of drug-likeness (QED) is 0.304. The van der Waals surface area contributed by atoms with Crippen LogP contribution in [0.15, 0.2) is 0 Å². The predicted molar refractivity (Wildman–Crippen MR) is 31.9 cm³/mol. The summed E-state index contributed by atoms with van der Waals surface area (Å²) in [6, 6.07) is 0.269. The minimum absolute atomic E-state index is 0.00926. The summed E-state index contributed by atoms with van der Waals surface area (Å²) in [6.07, 6.45) is 0. The highest BCUT2D eigenvalue weighted by atomic mass is 35.5. The fraction of sp³-hybridized carbons (Fsp3) is 0.750. The van der Waals surface area contributed by atoms with Crippen LogP contribution in [0.5, 0.6) is 0 Å². The van der Waals surface area contributed by atoms with E-state index in [1.54, 1.807) is 0 Å². The molecule has 0 saturated carbocycles. The SMILES string of the molecule is CC(C)NC(=N)Cl. The normalized spacial score (nSPS) is 9.14. The Morgan fingerprint density at radius 2 is 2.14 bits per heavy atom. The van der Waals surface area contributed by atoms with Crippen molar-refractivity contribution in [2.24, 2.45) is 0 Å². The average Bonchev–Trinajstić information content (AvgIpc) is 1.27. The Kier molecular flexibility index (Phi) is 2.76. The number of hydrogen-bond acceptors (Lipinski definition) is 1. The van der Waals surface area contributed by atoms with E-state index in [-0.39, 0.29) is 11.3 Å². The molecule has 0 spiro atoms. The fourth-order valence-corrected chi connectivity index (χ4v) is 0.472. The number of amidine groups is 1. The standard InChI is InChI=1S/C4H9ClN2/c1-3(2)7-4(5)6/h3H,1-2H3,(H2,6,7). The second-order valence-electron chi connectivity index (χ2n) is 1.61. The van der Waals surface area contributed by atoms with E-state index < -0.39 is 0 Å². The van der Waals surface area contributed by atoms with E-state index in [2.05, 4.69) is 5.32 Å². The van der Waals surface area contributed by atoms with Crippen LogP contribution in [0.25, 0.3) is 0 Å². The molecule has 0 aliphatic rings. The Morgan fingerprint density at radius 1 is 1.71 bits per heavy atom. The Morgan fingerprint density at radius 3 is 2.14 bits per heavy atom. The molecular weight excluding hydrogens is 112 g/mol. The number of halogens is 1. The van der Waals surface area contributed by atoms with E-state index >= 15 is 0 Å². The number of hydrogen-bond donors (Lipinski definition) is 2. The lowest BCUT2D eigenvalue weighted by Gasteiger charge is -2.02. The van der Waals surface area contributed by atoms with Crippen LogP contribution in [-0.2, 0) is 0 Å². The zero-order valence-electron chi connectivity index (χ0n) is 4.46. The monoisotopic (exact) mass is 120 g/mol. The molecule has 0 atom stereocenters. The zero-order valence-corrected chi connectivity index (χ0v) is 5.21. The molecule has 0 rings (SSSR count). The molecule has 0 heterocycles. The van der Waals surface area contributed by atoms with Gasteiger partial charge in [0.05, 0.1) is 0 Å². The van der Waals surface area contributed by atoms with Gasteiger partial charge in [-0.15, -0.1) is 0 Å². The summed E-state index contributed by atoms with van der Waals surface area (Å²) in [5.41, 5.74) is 0. The maximum absolute atomic E-state index is 6.68. The second-order valence-corrected chi connectivity index (χ2v) is 1.99. The van der Waals surface area contributed by atoms with Gasteiger partial charge in [-0.3, -0.25) is 5.41 Å².